The van der Waals surface area contributed by atoms with Crippen molar-refractivity contribution in [2.75, 3.05) is 18.8 Å². The zero-order chi connectivity index (χ0) is 26.4. The van der Waals surface area contributed by atoms with Gasteiger partial charge in [0.1, 0.15) is 11.6 Å². The molecule has 0 unspecified atom stereocenters. The molecule has 0 N–H and O–H groups in total. The molecule has 1 atom stereocenters. The third-order valence-corrected chi connectivity index (χ3v) is 10.4. The highest BCUT2D eigenvalue weighted by atomic mass is 33.1. The van der Waals surface area contributed by atoms with E-state index in [9.17, 15) is 4.79 Å². The van der Waals surface area contributed by atoms with E-state index in [4.69, 9.17) is 9.73 Å². The van der Waals surface area contributed by atoms with Gasteiger partial charge in [0, 0.05) is 42.5 Å². The maximum atomic E-state index is 13.0. The Morgan fingerprint density at radius 3 is 2.65 bits per heavy atom. The highest BCUT2D eigenvalue weighted by Crippen LogP contribution is 2.40. The smallest absolute Gasteiger partial charge is 0.311 e. The SMILES string of the molecule is Cc1cc(C(C)(C)C)c(OC(=O)CCCC[C@@H]2CCSS2)c(C)c1CC1=NCCN1Cc1ccccc1. The molecule has 0 radical (unpaired) electrons. The molecule has 37 heavy (non-hydrogen) atoms. The third-order valence-electron chi connectivity index (χ3n) is 7.36. The van der Waals surface area contributed by atoms with Crippen molar-refractivity contribution in [1.29, 1.82) is 0 Å². The van der Waals surface area contributed by atoms with Gasteiger partial charge in [0.05, 0.1) is 6.54 Å². The van der Waals surface area contributed by atoms with Crippen molar-refractivity contribution in [3.8, 4) is 5.75 Å². The van der Waals surface area contributed by atoms with E-state index in [1.807, 2.05) is 21.6 Å². The number of ether oxygens (including phenoxy) is 1. The molecule has 0 saturated carbocycles. The molecule has 0 aliphatic carbocycles. The van der Waals surface area contributed by atoms with E-state index in [0.717, 1.165) is 66.9 Å². The summed E-state index contributed by atoms with van der Waals surface area (Å²) in [6.45, 7) is 13.5. The first-order valence-corrected chi connectivity index (χ1v) is 16.1. The number of unbranched alkanes of at least 4 members (excludes halogenated alkanes) is 1. The number of carbonyl (C=O) groups excluding carboxylic acids is 1. The number of amidine groups is 1. The lowest BCUT2D eigenvalue weighted by atomic mass is 9.82. The van der Waals surface area contributed by atoms with Crippen LogP contribution in [0.2, 0.25) is 0 Å². The topological polar surface area (TPSA) is 41.9 Å². The summed E-state index contributed by atoms with van der Waals surface area (Å²) in [6.07, 6.45) is 5.73. The van der Waals surface area contributed by atoms with Gasteiger partial charge in [-0.2, -0.15) is 0 Å². The Hall–Kier alpha value is -1.92. The fraction of sp³-hybridized carbons (Fsp3) is 0.548. The molecule has 0 aromatic heterocycles. The third kappa shape index (κ3) is 7.57. The van der Waals surface area contributed by atoms with Crippen LogP contribution < -0.4 is 4.74 Å². The van der Waals surface area contributed by atoms with E-state index in [-0.39, 0.29) is 11.4 Å². The van der Waals surface area contributed by atoms with Gasteiger partial charge in [-0.15, -0.1) is 0 Å². The predicted molar refractivity (Wildman–Crippen MR) is 160 cm³/mol. The van der Waals surface area contributed by atoms with E-state index >= 15 is 0 Å². The first-order chi connectivity index (χ1) is 17.7. The van der Waals surface area contributed by atoms with E-state index in [0.29, 0.717) is 6.42 Å². The predicted octanol–water partition coefficient (Wildman–Crippen LogP) is 7.68. The minimum atomic E-state index is -0.120. The average molecular weight is 539 g/mol. The largest absolute Gasteiger partial charge is 0.426 e. The Balaban J connectivity index is 1.48. The molecule has 4 nitrogen and oxygen atoms in total. The van der Waals surface area contributed by atoms with E-state index in [1.54, 1.807) is 0 Å². The molecule has 2 heterocycles. The summed E-state index contributed by atoms with van der Waals surface area (Å²) < 4.78 is 6.16. The van der Waals surface area contributed by atoms with Crippen LogP contribution in [0.5, 0.6) is 5.75 Å². The molecule has 6 heteroatoms. The van der Waals surface area contributed by atoms with Gasteiger partial charge in [-0.1, -0.05) is 85.2 Å². The highest BCUT2D eigenvalue weighted by Gasteiger charge is 2.27. The molecule has 2 aliphatic heterocycles. The molecule has 4 rings (SSSR count). The number of hydrogen-bond donors (Lipinski definition) is 0. The van der Waals surface area contributed by atoms with Crippen LogP contribution in [0.4, 0.5) is 0 Å². The van der Waals surface area contributed by atoms with Crippen LogP contribution in [0.3, 0.4) is 0 Å². The monoisotopic (exact) mass is 538 g/mol. The molecule has 0 amide bonds. The maximum absolute atomic E-state index is 13.0. The number of aryl methyl sites for hydroxylation is 1. The van der Waals surface area contributed by atoms with Crippen LogP contribution in [0.25, 0.3) is 0 Å². The van der Waals surface area contributed by atoms with Crippen LogP contribution in [0.15, 0.2) is 41.4 Å². The van der Waals surface area contributed by atoms with Crippen molar-refractivity contribution < 1.29 is 9.53 Å². The number of esters is 1. The lowest BCUT2D eigenvalue weighted by Gasteiger charge is -2.27. The van der Waals surface area contributed by atoms with Gasteiger partial charge in [0.15, 0.2) is 0 Å². The van der Waals surface area contributed by atoms with Crippen molar-refractivity contribution in [2.45, 2.75) is 90.4 Å². The van der Waals surface area contributed by atoms with Crippen LogP contribution in [0.1, 0.15) is 80.7 Å². The summed E-state index contributed by atoms with van der Waals surface area (Å²) in [6, 6.07) is 12.8. The molecule has 1 fully saturated rings. The summed E-state index contributed by atoms with van der Waals surface area (Å²) in [4.78, 5) is 20.2. The number of nitrogens with zero attached hydrogens (tertiary/aromatic N) is 2. The molecule has 0 spiro atoms. The number of rotatable bonds is 10. The van der Waals surface area contributed by atoms with Gasteiger partial charge in [0.25, 0.3) is 0 Å². The summed E-state index contributed by atoms with van der Waals surface area (Å²) >= 11 is 0. The Kier molecular flexibility index (Phi) is 9.68. The fourth-order valence-corrected chi connectivity index (χ4v) is 8.19. The lowest BCUT2D eigenvalue weighted by Crippen LogP contribution is -2.29. The van der Waals surface area contributed by atoms with E-state index in [1.165, 1.54) is 35.3 Å². The average Bonchev–Trinajstić information content (AvgIpc) is 3.53. The molecule has 2 aromatic rings. The summed E-state index contributed by atoms with van der Waals surface area (Å²) in [5.74, 6) is 3.03. The van der Waals surface area contributed by atoms with Crippen LogP contribution in [-0.4, -0.2) is 40.8 Å². The highest BCUT2D eigenvalue weighted by molar-refractivity contribution is 8.77. The summed E-state index contributed by atoms with van der Waals surface area (Å²) in [5, 5.41) is 0.760. The van der Waals surface area contributed by atoms with Crippen molar-refractivity contribution in [1.82, 2.24) is 4.90 Å². The number of hydrogen-bond acceptors (Lipinski definition) is 6. The van der Waals surface area contributed by atoms with Crippen molar-refractivity contribution >= 4 is 33.4 Å². The van der Waals surface area contributed by atoms with Crippen molar-refractivity contribution in [2.24, 2.45) is 4.99 Å². The van der Waals surface area contributed by atoms with Gasteiger partial charge in [-0.25, -0.2) is 0 Å². The quantitative estimate of drug-likeness (QED) is 0.134. The first kappa shape index (κ1) is 28.1. The zero-order valence-electron chi connectivity index (χ0n) is 23.1. The number of benzene rings is 2. The van der Waals surface area contributed by atoms with Gasteiger partial charge >= 0.3 is 5.97 Å². The molecular weight excluding hydrogens is 496 g/mol. The van der Waals surface area contributed by atoms with Gasteiger partial charge in [-0.05, 0) is 60.8 Å². The van der Waals surface area contributed by atoms with E-state index in [2.05, 4.69) is 75.9 Å². The Morgan fingerprint density at radius 2 is 1.95 bits per heavy atom. The van der Waals surface area contributed by atoms with Crippen LogP contribution >= 0.6 is 21.6 Å². The normalized spacial score (nSPS) is 17.8. The molecule has 200 valence electrons. The summed E-state index contributed by atoms with van der Waals surface area (Å²) in [7, 11) is 4.00. The summed E-state index contributed by atoms with van der Waals surface area (Å²) in [5.41, 5.74) is 5.83. The zero-order valence-corrected chi connectivity index (χ0v) is 24.8. The van der Waals surface area contributed by atoms with Crippen molar-refractivity contribution in [3.05, 3.63) is 64.2 Å². The Labute approximate surface area is 231 Å². The van der Waals surface area contributed by atoms with Gasteiger partial charge in [-0.3, -0.25) is 9.79 Å². The Morgan fingerprint density at radius 1 is 1.16 bits per heavy atom. The second-order valence-electron chi connectivity index (χ2n) is 11.4. The van der Waals surface area contributed by atoms with Crippen LogP contribution in [-0.2, 0) is 23.2 Å². The van der Waals surface area contributed by atoms with Crippen LogP contribution in [0, 0.1) is 13.8 Å². The minimum absolute atomic E-state index is 0.110. The maximum Gasteiger partial charge on any atom is 0.311 e. The molecule has 2 aromatic carbocycles. The number of carbonyl (C=O) groups is 1. The van der Waals surface area contributed by atoms with Crippen molar-refractivity contribution in [3.63, 3.8) is 0 Å². The molecule has 2 aliphatic rings. The minimum Gasteiger partial charge on any atom is -0.426 e. The second kappa shape index (κ2) is 12.8. The fourth-order valence-electron chi connectivity index (χ4n) is 5.16. The van der Waals surface area contributed by atoms with Gasteiger partial charge < -0.3 is 9.64 Å². The molecule has 1 saturated heterocycles. The molecular formula is C31H42N2O2S2. The molecule has 0 bridgehead atoms. The van der Waals surface area contributed by atoms with Gasteiger partial charge in [0.2, 0.25) is 0 Å². The van der Waals surface area contributed by atoms with E-state index < -0.39 is 0 Å². The standard InChI is InChI=1S/C31H42N2O2S2/c1-22-19-27(31(3,4)5)30(35-29(34)14-10-9-13-25-15-18-36-37-25)23(2)26(22)20-28-32-16-17-33(28)21-24-11-7-6-8-12-24/h6-8,11-12,19,25H,9-10,13-18,20-21H2,1-5H3/t25-/m1/s1. The lowest BCUT2D eigenvalue weighted by molar-refractivity contribution is -0.134. The second-order valence-corrected chi connectivity index (χ2v) is 14.1. The Bertz CT molecular complexity index is 1100. The first-order valence-electron chi connectivity index (χ1n) is 13.7. The number of aliphatic imine (C=N–C) groups is 1.